The van der Waals surface area contributed by atoms with Crippen molar-refractivity contribution in [2.75, 3.05) is 24.8 Å². The third-order valence-electron chi connectivity index (χ3n) is 1.97. The zero-order valence-corrected chi connectivity index (χ0v) is 10.6. The molecule has 7 heteroatoms. The van der Waals surface area contributed by atoms with Crippen LogP contribution >= 0.6 is 23.2 Å². The Bertz CT molecular complexity index is 338. The summed E-state index contributed by atoms with van der Waals surface area (Å²) >= 11 is 11.5. The first-order chi connectivity index (χ1) is 7.54. The Morgan fingerprint density at radius 3 is 2.69 bits per heavy atom. The predicted molar refractivity (Wildman–Crippen MR) is 66.0 cm³/mol. The molecule has 0 aliphatic rings. The molecule has 0 amide bonds. The number of ether oxygens (including phenoxy) is 1. The molecule has 0 aliphatic heterocycles. The van der Waals surface area contributed by atoms with E-state index in [4.69, 9.17) is 33.7 Å². The maximum Gasteiger partial charge on any atom is 0.226 e. The van der Waals surface area contributed by atoms with Gasteiger partial charge in [-0.1, -0.05) is 23.2 Å². The van der Waals surface area contributed by atoms with Crippen LogP contribution in [0.3, 0.4) is 0 Å². The van der Waals surface area contributed by atoms with Crippen LogP contribution in [-0.2, 0) is 4.74 Å². The lowest BCUT2D eigenvalue weighted by Gasteiger charge is -2.13. The summed E-state index contributed by atoms with van der Waals surface area (Å²) in [5, 5.41) is 3.39. The highest BCUT2D eigenvalue weighted by atomic mass is 35.5. The van der Waals surface area contributed by atoms with Crippen molar-refractivity contribution in [3.63, 3.8) is 0 Å². The SMILES string of the molecule is COCCC(C)Nc1nc(N)c(Cl)c(Cl)n1. The number of anilines is 2. The first-order valence-corrected chi connectivity index (χ1v) is 5.54. The quantitative estimate of drug-likeness (QED) is 0.798. The van der Waals surface area contributed by atoms with Gasteiger partial charge in [0.2, 0.25) is 5.95 Å². The largest absolute Gasteiger partial charge is 0.385 e. The summed E-state index contributed by atoms with van der Waals surface area (Å²) in [7, 11) is 1.65. The Kier molecular flexibility index (Phi) is 5.05. The second-order valence-corrected chi connectivity index (χ2v) is 4.10. The number of methoxy groups -OCH3 is 1. The number of nitrogens with one attached hydrogen (secondary N) is 1. The molecule has 90 valence electrons. The van der Waals surface area contributed by atoms with E-state index in [1.54, 1.807) is 7.11 Å². The van der Waals surface area contributed by atoms with Crippen molar-refractivity contribution in [3.8, 4) is 0 Å². The van der Waals surface area contributed by atoms with E-state index in [0.29, 0.717) is 12.6 Å². The molecule has 1 rings (SSSR count). The Hall–Kier alpha value is -0.780. The maximum atomic E-state index is 5.78. The lowest BCUT2D eigenvalue weighted by Crippen LogP contribution is -2.19. The maximum absolute atomic E-state index is 5.78. The Morgan fingerprint density at radius 2 is 2.12 bits per heavy atom. The molecule has 1 aromatic heterocycles. The number of hydrogen-bond donors (Lipinski definition) is 2. The van der Waals surface area contributed by atoms with Gasteiger partial charge in [0, 0.05) is 19.8 Å². The van der Waals surface area contributed by atoms with Crippen LogP contribution in [0.1, 0.15) is 13.3 Å². The number of rotatable bonds is 5. The van der Waals surface area contributed by atoms with Crippen molar-refractivity contribution >= 4 is 35.0 Å². The van der Waals surface area contributed by atoms with Crippen LogP contribution in [-0.4, -0.2) is 29.7 Å². The van der Waals surface area contributed by atoms with Gasteiger partial charge in [0.25, 0.3) is 0 Å². The first-order valence-electron chi connectivity index (χ1n) is 4.78. The van der Waals surface area contributed by atoms with Gasteiger partial charge in [0.1, 0.15) is 10.8 Å². The van der Waals surface area contributed by atoms with Gasteiger partial charge < -0.3 is 15.8 Å². The molecule has 0 aromatic carbocycles. The molecular weight excluding hydrogens is 251 g/mol. The topological polar surface area (TPSA) is 73.1 Å². The van der Waals surface area contributed by atoms with Crippen molar-refractivity contribution in [2.45, 2.75) is 19.4 Å². The van der Waals surface area contributed by atoms with E-state index < -0.39 is 0 Å². The van der Waals surface area contributed by atoms with Crippen LogP contribution in [0.5, 0.6) is 0 Å². The van der Waals surface area contributed by atoms with Gasteiger partial charge >= 0.3 is 0 Å². The molecule has 0 aliphatic carbocycles. The Labute approximate surface area is 104 Å². The highest BCUT2D eigenvalue weighted by Gasteiger charge is 2.10. The minimum atomic E-state index is 0.149. The zero-order chi connectivity index (χ0) is 12.1. The van der Waals surface area contributed by atoms with E-state index in [2.05, 4.69) is 15.3 Å². The summed E-state index contributed by atoms with van der Waals surface area (Å²) in [5.41, 5.74) is 5.57. The summed E-state index contributed by atoms with van der Waals surface area (Å²) in [4.78, 5) is 7.95. The molecule has 1 heterocycles. The second kappa shape index (κ2) is 6.08. The zero-order valence-electron chi connectivity index (χ0n) is 9.13. The highest BCUT2D eigenvalue weighted by Crippen LogP contribution is 2.25. The van der Waals surface area contributed by atoms with E-state index in [1.807, 2.05) is 6.92 Å². The molecule has 1 unspecified atom stereocenters. The molecule has 16 heavy (non-hydrogen) atoms. The number of nitrogens with zero attached hydrogens (tertiary/aromatic N) is 2. The molecule has 3 N–H and O–H groups in total. The van der Waals surface area contributed by atoms with Crippen LogP contribution in [0, 0.1) is 0 Å². The monoisotopic (exact) mass is 264 g/mol. The molecule has 0 saturated heterocycles. The van der Waals surface area contributed by atoms with Gasteiger partial charge in [0.15, 0.2) is 5.15 Å². The van der Waals surface area contributed by atoms with Gasteiger partial charge in [-0.3, -0.25) is 0 Å². The van der Waals surface area contributed by atoms with Crippen LogP contribution in [0.4, 0.5) is 11.8 Å². The molecule has 0 saturated carbocycles. The number of nitrogens with two attached hydrogens (primary N) is 1. The van der Waals surface area contributed by atoms with Crippen molar-refractivity contribution in [1.29, 1.82) is 0 Å². The summed E-state index contributed by atoms with van der Waals surface area (Å²) in [6.45, 7) is 2.64. The van der Waals surface area contributed by atoms with E-state index in [1.165, 1.54) is 0 Å². The van der Waals surface area contributed by atoms with Gasteiger partial charge in [0.05, 0.1) is 0 Å². The standard InChI is InChI=1S/C9H14Cl2N4O/c1-5(3-4-16-2)13-9-14-7(11)6(10)8(12)15-9/h5H,3-4H2,1-2H3,(H3,12,13,14,15). The minimum Gasteiger partial charge on any atom is -0.385 e. The summed E-state index contributed by atoms with van der Waals surface area (Å²) in [6.07, 6.45) is 0.833. The molecular formula is C9H14Cl2N4O. The number of aromatic nitrogens is 2. The van der Waals surface area contributed by atoms with Crippen molar-refractivity contribution in [2.24, 2.45) is 0 Å². The van der Waals surface area contributed by atoms with E-state index in [-0.39, 0.29) is 22.0 Å². The fraction of sp³-hybridized carbons (Fsp3) is 0.556. The number of halogens is 2. The highest BCUT2D eigenvalue weighted by molar-refractivity contribution is 6.42. The van der Waals surface area contributed by atoms with Crippen molar-refractivity contribution in [1.82, 2.24) is 9.97 Å². The average Bonchev–Trinajstić information content (AvgIpc) is 2.23. The van der Waals surface area contributed by atoms with E-state index in [0.717, 1.165) is 6.42 Å². The van der Waals surface area contributed by atoms with Crippen molar-refractivity contribution in [3.05, 3.63) is 10.2 Å². The third-order valence-corrected chi connectivity index (χ3v) is 2.71. The average molecular weight is 265 g/mol. The molecule has 1 atom stereocenters. The van der Waals surface area contributed by atoms with Crippen molar-refractivity contribution < 1.29 is 4.74 Å². The van der Waals surface area contributed by atoms with Gasteiger partial charge in [-0.2, -0.15) is 9.97 Å². The summed E-state index contributed by atoms with van der Waals surface area (Å²) < 4.78 is 4.96. The number of hydrogen-bond acceptors (Lipinski definition) is 5. The fourth-order valence-corrected chi connectivity index (χ4v) is 1.35. The van der Waals surface area contributed by atoms with Crippen LogP contribution < -0.4 is 11.1 Å². The van der Waals surface area contributed by atoms with Gasteiger partial charge in [-0.25, -0.2) is 0 Å². The fourth-order valence-electron chi connectivity index (χ4n) is 1.09. The minimum absolute atomic E-state index is 0.149. The lowest BCUT2D eigenvalue weighted by atomic mass is 10.2. The Morgan fingerprint density at radius 1 is 1.44 bits per heavy atom. The molecule has 5 nitrogen and oxygen atoms in total. The molecule has 0 bridgehead atoms. The summed E-state index contributed by atoms with van der Waals surface area (Å²) in [5.74, 6) is 0.540. The third kappa shape index (κ3) is 3.66. The predicted octanol–water partition coefficient (Wildman–Crippen LogP) is 2.20. The van der Waals surface area contributed by atoms with E-state index in [9.17, 15) is 0 Å². The molecule has 0 fully saturated rings. The Balaban J connectivity index is 2.67. The van der Waals surface area contributed by atoms with Crippen LogP contribution in [0.2, 0.25) is 10.2 Å². The first kappa shape index (κ1) is 13.3. The smallest absolute Gasteiger partial charge is 0.226 e. The molecule has 1 aromatic rings. The normalized spacial score (nSPS) is 12.5. The summed E-state index contributed by atoms with van der Waals surface area (Å²) in [6, 6.07) is 0.164. The van der Waals surface area contributed by atoms with Gasteiger partial charge in [-0.05, 0) is 13.3 Å². The van der Waals surface area contributed by atoms with E-state index >= 15 is 0 Å². The lowest BCUT2D eigenvalue weighted by molar-refractivity contribution is 0.191. The second-order valence-electron chi connectivity index (χ2n) is 3.36. The van der Waals surface area contributed by atoms with Crippen LogP contribution in [0.25, 0.3) is 0 Å². The number of nitrogen functional groups attached to an aromatic ring is 1. The molecule has 0 spiro atoms. The van der Waals surface area contributed by atoms with Gasteiger partial charge in [-0.15, -0.1) is 0 Å². The van der Waals surface area contributed by atoms with Crippen LogP contribution in [0.15, 0.2) is 0 Å². The molecule has 0 radical (unpaired) electrons.